The maximum atomic E-state index is 12.6. The van der Waals surface area contributed by atoms with Gasteiger partial charge >= 0.3 is 0 Å². The molecule has 2 saturated heterocycles. The molecule has 1 aromatic carbocycles. The number of rotatable bonds is 4. The summed E-state index contributed by atoms with van der Waals surface area (Å²) in [6.45, 7) is 3.37. The molecule has 6 nitrogen and oxygen atoms in total. The molecule has 144 valence electrons. The number of ether oxygens (including phenoxy) is 1. The molecule has 3 rings (SSSR count). The summed E-state index contributed by atoms with van der Waals surface area (Å²) < 4.78 is 5.33. The van der Waals surface area contributed by atoms with E-state index < -0.39 is 0 Å². The maximum Gasteiger partial charge on any atom is 0.227 e. The van der Waals surface area contributed by atoms with Crippen LogP contribution in [-0.4, -0.2) is 44.1 Å². The largest absolute Gasteiger partial charge is 0.495 e. The molecule has 0 spiro atoms. The molecular formula is C18H25Cl2N3O3. The molecular weight excluding hydrogens is 377 g/mol. The first kappa shape index (κ1) is 20.8. The summed E-state index contributed by atoms with van der Waals surface area (Å²) in [5, 5.41) is 7.00. The molecule has 0 saturated carbocycles. The molecule has 2 N–H and O–H groups in total. The summed E-state index contributed by atoms with van der Waals surface area (Å²) in [6.07, 6.45) is 2.04. The number of nitrogens with zero attached hydrogens (tertiary/aromatic N) is 1. The first-order valence-corrected chi connectivity index (χ1v) is 9.03. The third-order valence-corrected chi connectivity index (χ3v) is 5.13. The van der Waals surface area contributed by atoms with Crippen LogP contribution in [-0.2, 0) is 9.59 Å². The Hall–Kier alpha value is -1.50. The first-order chi connectivity index (χ1) is 12.0. The predicted octanol–water partition coefficient (Wildman–Crippen LogP) is 2.38. The van der Waals surface area contributed by atoms with Crippen LogP contribution in [0.2, 0.25) is 5.02 Å². The minimum atomic E-state index is -0.346. The van der Waals surface area contributed by atoms with E-state index in [4.69, 9.17) is 16.3 Å². The van der Waals surface area contributed by atoms with Gasteiger partial charge in [-0.15, -0.1) is 12.4 Å². The van der Waals surface area contributed by atoms with E-state index in [1.165, 1.54) is 0 Å². The Morgan fingerprint density at radius 3 is 2.88 bits per heavy atom. The number of benzene rings is 1. The number of anilines is 1. The van der Waals surface area contributed by atoms with E-state index in [-0.39, 0.29) is 42.6 Å². The molecule has 0 radical (unpaired) electrons. The van der Waals surface area contributed by atoms with Gasteiger partial charge in [-0.25, -0.2) is 0 Å². The van der Waals surface area contributed by atoms with Crippen molar-refractivity contribution in [1.82, 2.24) is 10.6 Å². The van der Waals surface area contributed by atoms with Crippen molar-refractivity contribution in [2.45, 2.75) is 38.3 Å². The minimum absolute atomic E-state index is 0. The number of carbonyl (C=O) groups is 2. The van der Waals surface area contributed by atoms with Crippen LogP contribution in [0.25, 0.3) is 0 Å². The molecule has 3 unspecified atom stereocenters. The molecule has 2 aliphatic rings. The SMILES string of the molecule is COc1ccc(Cl)cc1N1CC(C(=O)NC2CCNC(C)C2)CC1=O.Cl. The van der Waals surface area contributed by atoms with Crippen LogP contribution in [0.3, 0.4) is 0 Å². The molecule has 2 heterocycles. The minimum Gasteiger partial charge on any atom is -0.495 e. The van der Waals surface area contributed by atoms with Gasteiger partial charge in [0.15, 0.2) is 0 Å². The lowest BCUT2D eigenvalue weighted by molar-refractivity contribution is -0.127. The molecule has 0 aromatic heterocycles. The summed E-state index contributed by atoms with van der Waals surface area (Å²) in [4.78, 5) is 26.6. The molecule has 1 aromatic rings. The van der Waals surface area contributed by atoms with Crippen molar-refractivity contribution in [3.63, 3.8) is 0 Å². The van der Waals surface area contributed by atoms with Crippen LogP contribution in [0.1, 0.15) is 26.2 Å². The third kappa shape index (κ3) is 4.61. The van der Waals surface area contributed by atoms with Crippen LogP contribution in [0.5, 0.6) is 5.75 Å². The quantitative estimate of drug-likeness (QED) is 0.812. The fourth-order valence-electron chi connectivity index (χ4n) is 3.57. The second-order valence-corrected chi connectivity index (χ2v) is 7.24. The number of amides is 2. The van der Waals surface area contributed by atoms with E-state index in [0.717, 1.165) is 19.4 Å². The van der Waals surface area contributed by atoms with Crippen molar-refractivity contribution >= 4 is 41.5 Å². The zero-order chi connectivity index (χ0) is 18.0. The van der Waals surface area contributed by atoms with Crippen molar-refractivity contribution in [1.29, 1.82) is 0 Å². The highest BCUT2D eigenvalue weighted by atomic mass is 35.5. The highest BCUT2D eigenvalue weighted by Crippen LogP contribution is 2.35. The molecule has 2 aliphatic heterocycles. The number of hydrogen-bond acceptors (Lipinski definition) is 4. The van der Waals surface area contributed by atoms with Crippen molar-refractivity contribution in [3.8, 4) is 5.75 Å². The maximum absolute atomic E-state index is 12.6. The summed E-state index contributed by atoms with van der Waals surface area (Å²) in [5.74, 6) is 0.0997. The number of hydrogen-bond donors (Lipinski definition) is 2. The van der Waals surface area contributed by atoms with Crippen LogP contribution >= 0.6 is 24.0 Å². The van der Waals surface area contributed by atoms with Gasteiger partial charge < -0.3 is 20.3 Å². The molecule has 8 heteroatoms. The highest BCUT2D eigenvalue weighted by Gasteiger charge is 2.37. The van der Waals surface area contributed by atoms with Crippen LogP contribution in [0.4, 0.5) is 5.69 Å². The zero-order valence-electron chi connectivity index (χ0n) is 15.0. The molecule has 3 atom stereocenters. The fraction of sp³-hybridized carbons (Fsp3) is 0.556. The Balaban J connectivity index is 0.00000243. The molecule has 0 bridgehead atoms. The molecule has 26 heavy (non-hydrogen) atoms. The summed E-state index contributed by atoms with van der Waals surface area (Å²) in [5.41, 5.74) is 0.616. The summed E-state index contributed by atoms with van der Waals surface area (Å²) in [7, 11) is 1.55. The normalized spacial score (nSPS) is 25.6. The molecule has 2 amide bonds. The second-order valence-electron chi connectivity index (χ2n) is 6.81. The van der Waals surface area contributed by atoms with Crippen LogP contribution in [0, 0.1) is 5.92 Å². The average Bonchev–Trinajstić information content (AvgIpc) is 2.96. The molecule has 2 fully saturated rings. The van der Waals surface area contributed by atoms with Gasteiger partial charge in [0.25, 0.3) is 0 Å². The predicted molar refractivity (Wildman–Crippen MR) is 104 cm³/mol. The van der Waals surface area contributed by atoms with E-state index in [1.54, 1.807) is 30.2 Å². The number of halogens is 2. The summed E-state index contributed by atoms with van der Waals surface area (Å²) >= 11 is 6.06. The average molecular weight is 402 g/mol. The van der Waals surface area contributed by atoms with Gasteiger partial charge in [0, 0.05) is 30.1 Å². The Labute approximate surface area is 165 Å². The van der Waals surface area contributed by atoms with Crippen molar-refractivity contribution in [2.24, 2.45) is 5.92 Å². The van der Waals surface area contributed by atoms with E-state index >= 15 is 0 Å². The van der Waals surface area contributed by atoms with E-state index in [2.05, 4.69) is 17.6 Å². The van der Waals surface area contributed by atoms with Crippen LogP contribution < -0.4 is 20.3 Å². The van der Waals surface area contributed by atoms with Gasteiger partial charge in [0.05, 0.1) is 18.7 Å². The van der Waals surface area contributed by atoms with Crippen molar-refractivity contribution < 1.29 is 14.3 Å². The van der Waals surface area contributed by atoms with E-state index in [0.29, 0.717) is 29.0 Å². The van der Waals surface area contributed by atoms with E-state index in [1.807, 2.05) is 0 Å². The second kappa shape index (κ2) is 8.93. The monoisotopic (exact) mass is 401 g/mol. The van der Waals surface area contributed by atoms with E-state index in [9.17, 15) is 9.59 Å². The standard InChI is InChI=1S/C18H24ClN3O3.ClH/c1-11-7-14(5-6-20-11)21-18(24)12-8-17(23)22(10-12)15-9-13(19)3-4-16(15)25-2;/h3-4,9,11-12,14,20H,5-8,10H2,1-2H3,(H,21,24);1H. The van der Waals surface area contributed by atoms with Gasteiger partial charge in [-0.2, -0.15) is 0 Å². The molecule has 0 aliphatic carbocycles. The lowest BCUT2D eigenvalue weighted by Crippen LogP contribution is -2.48. The van der Waals surface area contributed by atoms with Crippen molar-refractivity contribution in [2.75, 3.05) is 25.1 Å². The van der Waals surface area contributed by atoms with Gasteiger partial charge in [-0.3, -0.25) is 9.59 Å². The highest BCUT2D eigenvalue weighted by molar-refractivity contribution is 6.31. The summed E-state index contributed by atoms with van der Waals surface area (Å²) in [6, 6.07) is 5.72. The third-order valence-electron chi connectivity index (χ3n) is 4.90. The van der Waals surface area contributed by atoms with Crippen LogP contribution in [0.15, 0.2) is 18.2 Å². The smallest absolute Gasteiger partial charge is 0.227 e. The topological polar surface area (TPSA) is 70.7 Å². The van der Waals surface area contributed by atoms with Gasteiger partial charge in [0.2, 0.25) is 11.8 Å². The number of piperidine rings is 1. The van der Waals surface area contributed by atoms with Gasteiger partial charge in [-0.1, -0.05) is 11.6 Å². The number of nitrogens with one attached hydrogen (secondary N) is 2. The Morgan fingerprint density at radius 1 is 1.42 bits per heavy atom. The fourth-order valence-corrected chi connectivity index (χ4v) is 3.74. The lowest BCUT2D eigenvalue weighted by atomic mass is 9.99. The number of methoxy groups -OCH3 is 1. The zero-order valence-corrected chi connectivity index (χ0v) is 16.5. The number of carbonyl (C=O) groups excluding carboxylic acids is 2. The Morgan fingerprint density at radius 2 is 2.19 bits per heavy atom. The Bertz CT molecular complexity index is 671. The van der Waals surface area contributed by atoms with Gasteiger partial charge in [-0.05, 0) is 44.5 Å². The lowest BCUT2D eigenvalue weighted by Gasteiger charge is -2.29. The first-order valence-electron chi connectivity index (χ1n) is 8.65. The van der Waals surface area contributed by atoms with Gasteiger partial charge in [0.1, 0.15) is 5.75 Å². The Kier molecular flexibility index (Phi) is 7.15. The van der Waals surface area contributed by atoms with Crippen molar-refractivity contribution in [3.05, 3.63) is 23.2 Å².